The number of benzene rings is 2. The molecule has 2 aliphatic heterocycles. The zero-order valence-electron chi connectivity index (χ0n) is 33.8. The predicted octanol–water partition coefficient (Wildman–Crippen LogP) is 6.62. The molecule has 59 heavy (non-hydrogen) atoms. The minimum atomic E-state index is -0.682. The number of nitro groups is 2. The van der Waals surface area contributed by atoms with Gasteiger partial charge in [-0.05, 0) is 57.1 Å². The zero-order valence-corrected chi connectivity index (χ0v) is 33.8. The quantitative estimate of drug-likeness (QED) is 0.0594. The van der Waals surface area contributed by atoms with Gasteiger partial charge in [-0.1, -0.05) is 24.3 Å². The Bertz CT molecular complexity index is 1910. The number of amides is 2. The predicted molar refractivity (Wildman–Crippen MR) is 212 cm³/mol. The van der Waals surface area contributed by atoms with Crippen LogP contribution in [-0.4, -0.2) is 96.1 Å². The van der Waals surface area contributed by atoms with Gasteiger partial charge in [-0.3, -0.25) is 39.4 Å². The van der Waals surface area contributed by atoms with Gasteiger partial charge in [0.25, 0.3) is 23.2 Å². The third kappa shape index (κ3) is 11.7. The highest BCUT2D eigenvalue weighted by Gasteiger charge is 2.36. The molecule has 0 saturated carbocycles. The Hall–Kier alpha value is -6.72. The van der Waals surface area contributed by atoms with Crippen LogP contribution >= 0.6 is 0 Å². The highest BCUT2D eigenvalue weighted by atomic mass is 16.6. The van der Waals surface area contributed by atoms with E-state index in [1.165, 1.54) is 50.0 Å². The number of unbranched alkanes of at least 4 members (excludes halogenated alkanes) is 2. The second kappa shape index (κ2) is 21.2. The fourth-order valence-corrected chi connectivity index (χ4v) is 6.53. The number of ether oxygens (including phenoxy) is 6. The van der Waals surface area contributed by atoms with E-state index in [9.17, 15) is 39.4 Å². The van der Waals surface area contributed by atoms with Crippen LogP contribution in [-0.2, 0) is 19.1 Å². The molecule has 2 amide bonds. The summed E-state index contributed by atoms with van der Waals surface area (Å²) >= 11 is 0. The topological polar surface area (TPSA) is 216 Å². The molecule has 2 heterocycles. The van der Waals surface area contributed by atoms with E-state index < -0.39 is 57.1 Å². The van der Waals surface area contributed by atoms with Crippen LogP contribution in [0.15, 0.2) is 72.1 Å². The van der Waals surface area contributed by atoms with Gasteiger partial charge < -0.3 is 38.2 Å². The first-order valence-electron chi connectivity index (χ1n) is 18.8. The van der Waals surface area contributed by atoms with Crippen molar-refractivity contribution < 1.29 is 57.4 Å². The highest BCUT2D eigenvalue weighted by Crippen LogP contribution is 2.39. The van der Waals surface area contributed by atoms with Gasteiger partial charge in [-0.2, -0.15) is 0 Å². The van der Waals surface area contributed by atoms with Crippen molar-refractivity contribution in [1.82, 2.24) is 9.80 Å². The zero-order chi connectivity index (χ0) is 43.2. The molecule has 0 aromatic heterocycles. The molecule has 2 unspecified atom stereocenters. The molecule has 0 fully saturated rings. The van der Waals surface area contributed by atoms with Crippen LogP contribution in [0.4, 0.5) is 11.4 Å². The maximum Gasteiger partial charge on any atom is 0.302 e. The monoisotopic (exact) mass is 820 g/mol. The Balaban J connectivity index is 1.40. The summed E-state index contributed by atoms with van der Waals surface area (Å²) in [5, 5.41) is 24.3. The van der Waals surface area contributed by atoms with E-state index in [1.54, 1.807) is 36.7 Å². The first-order chi connectivity index (χ1) is 28.2. The number of nitro benzene ring substituents is 2. The summed E-state index contributed by atoms with van der Waals surface area (Å²) in [5.74, 6) is -2.07. The highest BCUT2D eigenvalue weighted by molar-refractivity contribution is 6.01. The number of methoxy groups -OCH3 is 2. The number of hydrogen-bond donors (Lipinski definition) is 0. The lowest BCUT2D eigenvalue weighted by Crippen LogP contribution is -2.37. The van der Waals surface area contributed by atoms with Gasteiger partial charge in [0.2, 0.25) is 0 Å². The first-order valence-corrected chi connectivity index (χ1v) is 18.8. The number of rotatable bonds is 20. The van der Waals surface area contributed by atoms with Crippen molar-refractivity contribution in [3.8, 4) is 23.0 Å². The van der Waals surface area contributed by atoms with E-state index in [1.807, 2.05) is 13.8 Å². The fourth-order valence-electron chi connectivity index (χ4n) is 6.53. The van der Waals surface area contributed by atoms with E-state index in [0.717, 1.165) is 23.3 Å². The number of allylic oxidation sites excluding steroid dienone is 4. The molecule has 0 radical (unpaired) electrons. The summed E-state index contributed by atoms with van der Waals surface area (Å²) < 4.78 is 32.9. The van der Waals surface area contributed by atoms with Gasteiger partial charge in [0.1, 0.15) is 24.3 Å². The lowest BCUT2D eigenvalue weighted by molar-refractivity contribution is -0.385. The second-order valence-electron chi connectivity index (χ2n) is 13.5. The molecule has 0 N–H and O–H groups in total. The SMILES string of the molecule is C/C=C/C1=CN(C(=O)c2cc(OC)c(OCCCCCOc3cc([N+](=O)[O-])c(C(=O)N4C=C(/C=C/C)CC4COC(C)=O)cc3OC)cc2[N+](=O)[O-])C(COC(C)=O)C1. The van der Waals surface area contributed by atoms with Crippen LogP contribution in [0.25, 0.3) is 0 Å². The molecule has 18 heteroatoms. The normalized spacial score (nSPS) is 16.2. The van der Waals surface area contributed by atoms with E-state index >= 15 is 0 Å². The molecule has 0 spiro atoms. The molecular weight excluding hydrogens is 772 g/mol. The van der Waals surface area contributed by atoms with Crippen LogP contribution in [0, 0.1) is 20.2 Å². The van der Waals surface area contributed by atoms with Crippen molar-refractivity contribution in [3.63, 3.8) is 0 Å². The van der Waals surface area contributed by atoms with Gasteiger partial charge in [-0.25, -0.2) is 0 Å². The van der Waals surface area contributed by atoms with Crippen LogP contribution in [0.2, 0.25) is 0 Å². The number of carbonyl (C=O) groups is 4. The van der Waals surface area contributed by atoms with Crippen LogP contribution in [0.5, 0.6) is 23.0 Å². The van der Waals surface area contributed by atoms with Crippen molar-refractivity contribution in [2.24, 2.45) is 0 Å². The Kier molecular flexibility index (Phi) is 16.1. The lowest BCUT2D eigenvalue weighted by Gasteiger charge is -2.23. The molecular formula is C41H48N4O14. The third-order valence-electron chi connectivity index (χ3n) is 9.25. The number of esters is 2. The smallest absolute Gasteiger partial charge is 0.302 e. The van der Waals surface area contributed by atoms with Gasteiger partial charge in [0.15, 0.2) is 23.0 Å². The van der Waals surface area contributed by atoms with E-state index in [-0.39, 0.29) is 60.6 Å². The summed E-state index contributed by atoms with van der Waals surface area (Å²) in [6.45, 7) is 6.20. The Morgan fingerprint density at radius 2 is 1.05 bits per heavy atom. The minimum Gasteiger partial charge on any atom is -0.493 e. The number of carbonyl (C=O) groups excluding carboxylic acids is 4. The van der Waals surface area contributed by atoms with E-state index in [2.05, 4.69) is 0 Å². The molecule has 18 nitrogen and oxygen atoms in total. The van der Waals surface area contributed by atoms with Crippen LogP contribution < -0.4 is 18.9 Å². The summed E-state index contributed by atoms with van der Waals surface area (Å²) in [7, 11) is 2.69. The minimum absolute atomic E-state index is 0.0573. The second-order valence-corrected chi connectivity index (χ2v) is 13.5. The molecule has 0 bridgehead atoms. The van der Waals surface area contributed by atoms with Gasteiger partial charge in [-0.15, -0.1) is 0 Å². The lowest BCUT2D eigenvalue weighted by atomic mass is 10.1. The maximum absolute atomic E-state index is 13.7. The van der Waals surface area contributed by atoms with E-state index in [4.69, 9.17) is 28.4 Å². The molecule has 2 atom stereocenters. The molecule has 2 aromatic rings. The molecule has 2 aliphatic rings. The molecule has 316 valence electrons. The fraction of sp³-hybridized carbons (Fsp3) is 0.415. The van der Waals surface area contributed by atoms with Crippen LogP contribution in [0.3, 0.4) is 0 Å². The van der Waals surface area contributed by atoms with Crippen molar-refractivity contribution in [1.29, 1.82) is 0 Å². The first kappa shape index (κ1) is 45.0. The average molecular weight is 821 g/mol. The summed E-state index contributed by atoms with van der Waals surface area (Å²) in [4.78, 5) is 76.0. The summed E-state index contributed by atoms with van der Waals surface area (Å²) in [5.41, 5.74) is 0.115. The van der Waals surface area contributed by atoms with E-state index in [0.29, 0.717) is 32.1 Å². The van der Waals surface area contributed by atoms with Crippen molar-refractivity contribution >= 4 is 35.1 Å². The number of hydrogen-bond acceptors (Lipinski definition) is 14. The van der Waals surface area contributed by atoms with Crippen molar-refractivity contribution in [2.75, 3.05) is 40.6 Å². The Morgan fingerprint density at radius 3 is 1.37 bits per heavy atom. The maximum atomic E-state index is 13.7. The summed E-state index contributed by atoms with van der Waals surface area (Å²) in [6, 6.07) is 3.65. The van der Waals surface area contributed by atoms with Gasteiger partial charge >= 0.3 is 11.9 Å². The Labute approximate surface area is 340 Å². The number of nitrogens with zero attached hydrogens (tertiary/aromatic N) is 4. The molecule has 4 rings (SSSR count). The van der Waals surface area contributed by atoms with Gasteiger partial charge in [0, 0.05) is 38.4 Å². The summed E-state index contributed by atoms with van der Waals surface area (Å²) in [6.07, 6.45) is 12.6. The van der Waals surface area contributed by atoms with Crippen molar-refractivity contribution in [2.45, 2.75) is 71.9 Å². The molecule has 0 saturated heterocycles. The van der Waals surface area contributed by atoms with Crippen LogP contribution in [0.1, 0.15) is 80.5 Å². The standard InChI is InChI=1S/C41H48N4O14/c1-7-12-28-16-30(24-58-26(3)46)42(22-28)40(48)32-18-36(54-5)38(20-34(32)44(50)51)56-14-10-9-11-15-57-39-21-35(45(52)53)33(19-37(39)55-6)41(49)43-23-29(13-8-2)17-31(43)25-59-27(4)47/h7-8,12-13,18-23,30-31H,9-11,14-17,24-25H2,1-6H3/b12-7+,13-8+. The Morgan fingerprint density at radius 1 is 0.661 bits per heavy atom. The van der Waals surface area contributed by atoms with Gasteiger partial charge in [0.05, 0.1) is 61.5 Å². The third-order valence-corrected chi connectivity index (χ3v) is 9.25. The average Bonchev–Trinajstić information content (AvgIpc) is 3.81. The molecule has 2 aromatic carbocycles. The largest absolute Gasteiger partial charge is 0.493 e. The molecule has 0 aliphatic carbocycles. The van der Waals surface area contributed by atoms with Crippen molar-refractivity contribution in [3.05, 3.63) is 103 Å².